The lowest BCUT2D eigenvalue weighted by molar-refractivity contribution is -0.116. The van der Waals surface area contributed by atoms with Crippen LogP contribution >= 0.6 is 11.3 Å². The van der Waals surface area contributed by atoms with Crippen LogP contribution in [0.2, 0.25) is 0 Å². The zero-order valence-electron chi connectivity index (χ0n) is 14.6. The van der Waals surface area contributed by atoms with Crippen molar-refractivity contribution in [3.8, 4) is 5.75 Å². The highest BCUT2D eigenvalue weighted by Gasteiger charge is 2.08. The van der Waals surface area contributed by atoms with E-state index in [0.717, 1.165) is 34.1 Å². The van der Waals surface area contributed by atoms with Gasteiger partial charge in [0.25, 0.3) is 0 Å². The van der Waals surface area contributed by atoms with Gasteiger partial charge in [0.2, 0.25) is 5.91 Å². The van der Waals surface area contributed by atoms with Crippen molar-refractivity contribution >= 4 is 28.3 Å². The fourth-order valence-electron chi connectivity index (χ4n) is 2.62. The minimum absolute atomic E-state index is 0.102. The van der Waals surface area contributed by atoms with Crippen LogP contribution in [0.5, 0.6) is 5.75 Å². The number of nitrogens with one attached hydrogen (secondary N) is 1. The van der Waals surface area contributed by atoms with Crippen LogP contribution in [0.25, 0.3) is 11.0 Å². The molecule has 0 radical (unpaired) electrons. The van der Waals surface area contributed by atoms with Crippen LogP contribution in [0, 0.1) is 13.8 Å². The minimum Gasteiger partial charge on any atom is -0.497 e. The number of aromatic nitrogens is 2. The predicted molar refractivity (Wildman–Crippen MR) is 101 cm³/mol. The molecule has 3 rings (SSSR count). The second kappa shape index (κ2) is 7.53. The van der Waals surface area contributed by atoms with Gasteiger partial charge >= 0.3 is 0 Å². The third kappa shape index (κ3) is 4.09. The molecule has 1 N–H and O–H groups in total. The Morgan fingerprint density at radius 3 is 2.80 bits per heavy atom. The van der Waals surface area contributed by atoms with Gasteiger partial charge in [-0.1, -0.05) is 12.1 Å². The van der Waals surface area contributed by atoms with Gasteiger partial charge in [0.05, 0.1) is 18.5 Å². The third-order valence-corrected chi connectivity index (χ3v) is 4.83. The maximum Gasteiger partial charge on any atom is 0.244 e. The van der Waals surface area contributed by atoms with Gasteiger partial charge in [-0.2, -0.15) is 0 Å². The summed E-state index contributed by atoms with van der Waals surface area (Å²) in [6, 6.07) is 7.86. The van der Waals surface area contributed by atoms with E-state index in [4.69, 9.17) is 4.74 Å². The molecule has 0 bridgehead atoms. The van der Waals surface area contributed by atoms with Crippen LogP contribution in [0.3, 0.4) is 0 Å². The first kappa shape index (κ1) is 17.2. The number of imidazole rings is 1. The molecule has 0 unspecified atom stereocenters. The number of methoxy groups -OCH3 is 1. The Morgan fingerprint density at radius 2 is 2.08 bits per heavy atom. The molecule has 0 saturated heterocycles. The summed E-state index contributed by atoms with van der Waals surface area (Å²) in [5.41, 5.74) is 3.03. The summed E-state index contributed by atoms with van der Waals surface area (Å²) in [6.45, 7) is 4.60. The Bertz CT molecular complexity index is 907. The summed E-state index contributed by atoms with van der Waals surface area (Å²) < 4.78 is 7.16. The average Bonchev–Trinajstić information content (AvgIpc) is 3.08. The van der Waals surface area contributed by atoms with Crippen molar-refractivity contribution < 1.29 is 9.53 Å². The molecule has 0 aliphatic carbocycles. The zero-order valence-corrected chi connectivity index (χ0v) is 15.4. The maximum absolute atomic E-state index is 12.0. The summed E-state index contributed by atoms with van der Waals surface area (Å²) in [5.74, 6) is 0.733. The Labute approximate surface area is 151 Å². The first-order valence-electron chi connectivity index (χ1n) is 8.11. The minimum atomic E-state index is -0.102. The molecule has 5 nitrogen and oxygen atoms in total. The van der Waals surface area contributed by atoms with Crippen LogP contribution in [-0.4, -0.2) is 28.9 Å². The monoisotopic (exact) mass is 355 g/mol. The average molecular weight is 355 g/mol. The second-order valence-corrected chi connectivity index (χ2v) is 7.01. The van der Waals surface area contributed by atoms with Crippen LogP contribution < -0.4 is 10.1 Å². The highest BCUT2D eigenvalue weighted by Crippen LogP contribution is 2.21. The Morgan fingerprint density at radius 1 is 1.32 bits per heavy atom. The molecular formula is C19H21N3O2S. The molecule has 0 spiro atoms. The van der Waals surface area contributed by atoms with E-state index in [2.05, 4.69) is 10.3 Å². The van der Waals surface area contributed by atoms with Crippen molar-refractivity contribution in [1.29, 1.82) is 0 Å². The highest BCUT2D eigenvalue weighted by atomic mass is 32.1. The highest BCUT2D eigenvalue weighted by molar-refractivity contribution is 7.17. The SMILES string of the molecule is COc1ccc(CCNC(=O)/C=C/c2c(C)nc3sc(C)cn23)cc1. The number of carbonyl (C=O) groups excluding carboxylic acids is 1. The number of rotatable bonds is 6. The number of hydrogen-bond acceptors (Lipinski definition) is 4. The van der Waals surface area contributed by atoms with Crippen molar-refractivity contribution in [3.63, 3.8) is 0 Å². The number of amides is 1. The summed E-state index contributed by atoms with van der Waals surface area (Å²) in [5, 5.41) is 2.91. The van der Waals surface area contributed by atoms with Crippen LogP contribution in [-0.2, 0) is 11.2 Å². The third-order valence-electron chi connectivity index (χ3n) is 3.93. The van der Waals surface area contributed by atoms with Gasteiger partial charge in [-0.25, -0.2) is 4.98 Å². The quantitative estimate of drug-likeness (QED) is 0.690. The molecule has 25 heavy (non-hydrogen) atoms. The first-order valence-corrected chi connectivity index (χ1v) is 8.92. The molecule has 2 heterocycles. The topological polar surface area (TPSA) is 55.6 Å². The molecule has 6 heteroatoms. The molecule has 0 atom stereocenters. The number of hydrogen-bond donors (Lipinski definition) is 1. The van der Waals surface area contributed by atoms with Crippen molar-refractivity contribution in [3.05, 3.63) is 58.4 Å². The molecule has 1 aromatic carbocycles. The van der Waals surface area contributed by atoms with Crippen molar-refractivity contribution in [2.24, 2.45) is 0 Å². The lowest BCUT2D eigenvalue weighted by Crippen LogP contribution is -2.23. The fraction of sp³-hybridized carbons (Fsp3) is 0.263. The van der Waals surface area contributed by atoms with Crippen molar-refractivity contribution in [2.75, 3.05) is 13.7 Å². The molecule has 0 saturated carbocycles. The van der Waals surface area contributed by atoms with Crippen LogP contribution in [0.1, 0.15) is 21.8 Å². The summed E-state index contributed by atoms with van der Waals surface area (Å²) >= 11 is 1.64. The smallest absolute Gasteiger partial charge is 0.244 e. The van der Waals surface area contributed by atoms with E-state index >= 15 is 0 Å². The number of fused-ring (bicyclic) bond motifs is 1. The number of thiazole rings is 1. The number of nitrogens with zero attached hydrogens (tertiary/aromatic N) is 2. The van der Waals surface area contributed by atoms with E-state index in [9.17, 15) is 4.79 Å². The predicted octanol–water partition coefficient (Wildman–Crippen LogP) is 3.39. The number of benzene rings is 1. The molecule has 0 aliphatic rings. The van der Waals surface area contributed by atoms with Gasteiger partial charge < -0.3 is 10.1 Å². The standard InChI is InChI=1S/C19H21N3O2S/c1-13-12-22-17(14(2)21-19(22)25-13)8-9-18(23)20-11-10-15-4-6-16(24-3)7-5-15/h4-9,12H,10-11H2,1-3H3,(H,20,23)/b9-8+. The van der Waals surface area contributed by atoms with Crippen LogP contribution in [0.15, 0.2) is 36.5 Å². The van der Waals surface area contributed by atoms with E-state index in [1.165, 1.54) is 4.88 Å². The lowest BCUT2D eigenvalue weighted by Gasteiger charge is -2.04. The molecule has 130 valence electrons. The van der Waals surface area contributed by atoms with Crippen LogP contribution in [0.4, 0.5) is 0 Å². The number of carbonyl (C=O) groups is 1. The molecule has 3 aromatic rings. The van der Waals surface area contributed by atoms with E-state index in [-0.39, 0.29) is 5.91 Å². The summed E-state index contributed by atoms with van der Waals surface area (Å²) in [6.07, 6.45) is 6.21. The van der Waals surface area contributed by atoms with E-state index in [0.29, 0.717) is 6.54 Å². The molecule has 2 aromatic heterocycles. The van der Waals surface area contributed by atoms with Crippen molar-refractivity contribution in [2.45, 2.75) is 20.3 Å². The van der Waals surface area contributed by atoms with Gasteiger partial charge in [-0.3, -0.25) is 9.20 Å². The van der Waals surface area contributed by atoms with Gasteiger partial charge in [-0.05, 0) is 44.0 Å². The van der Waals surface area contributed by atoms with Gasteiger partial charge in [0.1, 0.15) is 5.75 Å². The maximum atomic E-state index is 12.0. The Hall–Kier alpha value is -2.60. The number of aryl methyl sites for hydroxylation is 2. The first-order chi connectivity index (χ1) is 12.1. The van der Waals surface area contributed by atoms with E-state index in [1.807, 2.05) is 54.8 Å². The van der Waals surface area contributed by atoms with E-state index in [1.54, 1.807) is 24.5 Å². The van der Waals surface area contributed by atoms with Gasteiger partial charge in [0, 0.05) is 23.7 Å². The lowest BCUT2D eigenvalue weighted by atomic mass is 10.1. The second-order valence-electron chi connectivity index (χ2n) is 5.80. The molecule has 1 amide bonds. The Balaban J connectivity index is 1.56. The molecule has 0 fully saturated rings. The van der Waals surface area contributed by atoms with Crippen molar-refractivity contribution in [1.82, 2.24) is 14.7 Å². The molecular weight excluding hydrogens is 334 g/mol. The molecule has 0 aliphatic heterocycles. The number of ether oxygens (including phenoxy) is 1. The summed E-state index contributed by atoms with van der Waals surface area (Å²) in [7, 11) is 1.65. The van der Waals surface area contributed by atoms with E-state index < -0.39 is 0 Å². The zero-order chi connectivity index (χ0) is 17.8. The van der Waals surface area contributed by atoms with Gasteiger partial charge in [-0.15, -0.1) is 11.3 Å². The Kier molecular flexibility index (Phi) is 5.19. The normalized spacial score (nSPS) is 11.3. The largest absolute Gasteiger partial charge is 0.497 e. The van der Waals surface area contributed by atoms with Gasteiger partial charge in [0.15, 0.2) is 4.96 Å². The fourth-order valence-corrected chi connectivity index (χ4v) is 3.50. The summed E-state index contributed by atoms with van der Waals surface area (Å²) in [4.78, 5) is 18.7.